The monoisotopic (exact) mass is 357 g/mol. The Labute approximate surface area is 152 Å². The van der Waals surface area contributed by atoms with Crippen molar-refractivity contribution in [2.75, 3.05) is 13.1 Å². The van der Waals surface area contributed by atoms with Crippen LogP contribution >= 0.6 is 11.8 Å². The van der Waals surface area contributed by atoms with Gasteiger partial charge < -0.3 is 9.84 Å². The summed E-state index contributed by atoms with van der Waals surface area (Å²) in [7, 11) is 0. The summed E-state index contributed by atoms with van der Waals surface area (Å²) in [5, 5.41) is 8.08. The zero-order valence-electron chi connectivity index (χ0n) is 14.6. The SMILES string of the molecule is Cc1cc(Sc2ccc(C(=O)N[C@@H]3C4CCN(CC4)[C@@H]3C)cc2)no1. The maximum Gasteiger partial charge on any atom is 0.251 e. The number of benzene rings is 1. The summed E-state index contributed by atoms with van der Waals surface area (Å²) in [5.74, 6) is 1.44. The molecule has 1 aromatic carbocycles. The Morgan fingerprint density at radius 2 is 2.00 bits per heavy atom. The zero-order valence-corrected chi connectivity index (χ0v) is 15.4. The number of aromatic nitrogens is 1. The number of hydrogen-bond donors (Lipinski definition) is 1. The lowest BCUT2D eigenvalue weighted by atomic mass is 9.79. The standard InChI is InChI=1S/C19H23N3O2S/c1-12-11-17(21-24-12)25-16-5-3-15(4-6-16)19(23)20-18-13(2)22-9-7-14(18)8-10-22/h3-6,11,13-14,18H,7-10H2,1-2H3,(H,20,23)/t13-,18+/m1/s1. The van der Waals surface area contributed by atoms with Gasteiger partial charge in [0.25, 0.3) is 5.91 Å². The number of piperidine rings is 3. The Bertz CT molecular complexity index is 748. The molecule has 0 unspecified atom stereocenters. The van der Waals surface area contributed by atoms with E-state index in [0.29, 0.717) is 17.5 Å². The summed E-state index contributed by atoms with van der Waals surface area (Å²) >= 11 is 1.53. The molecule has 2 atom stereocenters. The first-order valence-corrected chi connectivity index (χ1v) is 9.68. The molecule has 0 spiro atoms. The zero-order chi connectivity index (χ0) is 17.4. The maximum atomic E-state index is 12.6. The van der Waals surface area contributed by atoms with Gasteiger partial charge >= 0.3 is 0 Å². The second-order valence-corrected chi connectivity index (χ2v) is 8.11. The van der Waals surface area contributed by atoms with Gasteiger partial charge in [0.2, 0.25) is 0 Å². The quantitative estimate of drug-likeness (QED) is 0.909. The third-order valence-corrected chi connectivity index (χ3v) is 6.33. The molecule has 1 aromatic heterocycles. The molecular weight excluding hydrogens is 334 g/mol. The first-order valence-electron chi connectivity index (χ1n) is 8.86. The molecule has 132 valence electrons. The highest BCUT2D eigenvalue weighted by atomic mass is 32.2. The van der Waals surface area contributed by atoms with E-state index in [2.05, 4.69) is 22.3 Å². The first-order chi connectivity index (χ1) is 12.1. The Kier molecular flexibility index (Phi) is 4.56. The van der Waals surface area contributed by atoms with E-state index in [0.717, 1.165) is 15.7 Å². The van der Waals surface area contributed by atoms with E-state index in [-0.39, 0.29) is 11.9 Å². The third kappa shape index (κ3) is 3.46. The van der Waals surface area contributed by atoms with Crippen LogP contribution in [-0.2, 0) is 0 Å². The van der Waals surface area contributed by atoms with Crippen molar-refractivity contribution in [2.45, 2.75) is 48.7 Å². The van der Waals surface area contributed by atoms with E-state index < -0.39 is 0 Å². The predicted octanol–water partition coefficient (Wildman–Crippen LogP) is 3.35. The molecule has 3 fully saturated rings. The Balaban J connectivity index is 1.40. The largest absolute Gasteiger partial charge is 0.361 e. The second kappa shape index (κ2) is 6.84. The van der Waals surface area contributed by atoms with E-state index >= 15 is 0 Å². The van der Waals surface area contributed by atoms with Gasteiger partial charge in [0, 0.05) is 28.6 Å². The second-order valence-electron chi connectivity index (χ2n) is 7.02. The van der Waals surface area contributed by atoms with Crippen molar-refractivity contribution in [1.29, 1.82) is 0 Å². The van der Waals surface area contributed by atoms with Crippen molar-refractivity contribution in [3.63, 3.8) is 0 Å². The number of nitrogens with one attached hydrogen (secondary N) is 1. The fourth-order valence-corrected chi connectivity index (χ4v) is 4.78. The molecule has 3 aliphatic heterocycles. The molecule has 2 aromatic rings. The molecule has 3 aliphatic rings. The average Bonchev–Trinajstić information content (AvgIpc) is 3.04. The first kappa shape index (κ1) is 16.7. The molecule has 6 heteroatoms. The number of rotatable bonds is 4. The van der Waals surface area contributed by atoms with E-state index in [1.165, 1.54) is 37.7 Å². The van der Waals surface area contributed by atoms with E-state index in [1.807, 2.05) is 37.3 Å². The van der Waals surface area contributed by atoms with Gasteiger partial charge in [-0.15, -0.1) is 0 Å². The number of aryl methyl sites for hydroxylation is 1. The lowest BCUT2D eigenvalue weighted by Gasteiger charge is -2.49. The van der Waals surface area contributed by atoms with E-state index in [9.17, 15) is 4.79 Å². The van der Waals surface area contributed by atoms with Crippen LogP contribution < -0.4 is 5.32 Å². The molecule has 0 saturated carbocycles. The van der Waals surface area contributed by atoms with Crippen molar-refractivity contribution < 1.29 is 9.32 Å². The summed E-state index contributed by atoms with van der Waals surface area (Å²) in [6, 6.07) is 10.3. The minimum absolute atomic E-state index is 0.0273. The topological polar surface area (TPSA) is 58.4 Å². The smallest absolute Gasteiger partial charge is 0.251 e. The van der Waals surface area contributed by atoms with Gasteiger partial charge in [-0.1, -0.05) is 16.9 Å². The highest BCUT2D eigenvalue weighted by Gasteiger charge is 2.40. The van der Waals surface area contributed by atoms with Gasteiger partial charge in [-0.3, -0.25) is 9.69 Å². The molecule has 2 bridgehead atoms. The summed E-state index contributed by atoms with van der Waals surface area (Å²) in [6.45, 7) is 6.45. The Morgan fingerprint density at radius 3 is 2.60 bits per heavy atom. The molecule has 1 N–H and O–H groups in total. The van der Waals surface area contributed by atoms with Gasteiger partial charge in [0.1, 0.15) is 10.8 Å². The van der Waals surface area contributed by atoms with Crippen molar-refractivity contribution in [3.8, 4) is 0 Å². The van der Waals surface area contributed by atoms with Gasteiger partial charge in [-0.25, -0.2) is 0 Å². The van der Waals surface area contributed by atoms with Crippen LogP contribution in [0, 0.1) is 12.8 Å². The van der Waals surface area contributed by atoms with Crippen molar-refractivity contribution in [3.05, 3.63) is 41.7 Å². The highest BCUT2D eigenvalue weighted by Crippen LogP contribution is 2.32. The van der Waals surface area contributed by atoms with Crippen molar-refractivity contribution >= 4 is 17.7 Å². The predicted molar refractivity (Wildman–Crippen MR) is 96.8 cm³/mol. The number of carbonyl (C=O) groups is 1. The van der Waals surface area contributed by atoms with Crippen molar-refractivity contribution in [1.82, 2.24) is 15.4 Å². The lowest BCUT2D eigenvalue weighted by Crippen LogP contribution is -2.62. The van der Waals surface area contributed by atoms with Crippen LogP contribution in [0.3, 0.4) is 0 Å². The molecule has 25 heavy (non-hydrogen) atoms. The Morgan fingerprint density at radius 1 is 1.28 bits per heavy atom. The fraction of sp³-hybridized carbons (Fsp3) is 0.474. The van der Waals surface area contributed by atoms with E-state index in [4.69, 9.17) is 4.52 Å². The molecule has 5 nitrogen and oxygen atoms in total. The summed E-state index contributed by atoms with van der Waals surface area (Å²) < 4.78 is 5.08. The normalized spacial score (nSPS) is 28.1. The van der Waals surface area contributed by atoms with Crippen LogP contribution in [0.1, 0.15) is 35.9 Å². The number of hydrogen-bond acceptors (Lipinski definition) is 5. The molecule has 5 rings (SSSR count). The minimum Gasteiger partial charge on any atom is -0.361 e. The van der Waals surface area contributed by atoms with Crippen LogP contribution in [0.25, 0.3) is 0 Å². The lowest BCUT2D eigenvalue weighted by molar-refractivity contribution is 0.0217. The Hall–Kier alpha value is -1.79. The van der Waals surface area contributed by atoms with Crippen LogP contribution in [0.4, 0.5) is 0 Å². The maximum absolute atomic E-state index is 12.6. The van der Waals surface area contributed by atoms with Gasteiger partial charge in [-0.2, -0.15) is 0 Å². The van der Waals surface area contributed by atoms with Crippen molar-refractivity contribution in [2.24, 2.45) is 5.92 Å². The van der Waals surface area contributed by atoms with Gasteiger partial charge in [0.05, 0.1) is 0 Å². The molecular formula is C19H23N3O2S. The van der Waals surface area contributed by atoms with Crippen LogP contribution in [0.5, 0.6) is 0 Å². The summed E-state index contributed by atoms with van der Waals surface area (Å²) in [4.78, 5) is 16.2. The molecule has 1 amide bonds. The fourth-order valence-electron chi connectivity index (χ4n) is 3.97. The molecule has 0 radical (unpaired) electrons. The molecule has 4 heterocycles. The van der Waals surface area contributed by atoms with E-state index in [1.54, 1.807) is 0 Å². The number of carbonyl (C=O) groups excluding carboxylic acids is 1. The molecule has 3 saturated heterocycles. The van der Waals surface area contributed by atoms with Crippen LogP contribution in [0.2, 0.25) is 0 Å². The summed E-state index contributed by atoms with van der Waals surface area (Å²) in [5.41, 5.74) is 0.712. The average molecular weight is 357 g/mol. The minimum atomic E-state index is 0.0273. The number of fused-ring (bicyclic) bond motifs is 3. The summed E-state index contributed by atoms with van der Waals surface area (Å²) in [6.07, 6.45) is 2.39. The number of nitrogens with zero attached hydrogens (tertiary/aromatic N) is 2. The molecule has 0 aliphatic carbocycles. The third-order valence-electron chi connectivity index (χ3n) is 5.42. The number of amides is 1. The highest BCUT2D eigenvalue weighted by molar-refractivity contribution is 7.99. The van der Waals surface area contributed by atoms with Gasteiger partial charge in [0.15, 0.2) is 0 Å². The van der Waals surface area contributed by atoms with Gasteiger partial charge in [-0.05, 0) is 70.0 Å². The van der Waals surface area contributed by atoms with Crippen LogP contribution in [-0.4, -0.2) is 41.1 Å². The van der Waals surface area contributed by atoms with Crippen LogP contribution in [0.15, 0.2) is 44.8 Å².